The molecule has 0 amide bonds. The highest BCUT2D eigenvalue weighted by Crippen LogP contribution is 2.22. The van der Waals surface area contributed by atoms with Gasteiger partial charge in [-0.25, -0.2) is 17.8 Å². The molecule has 23 heavy (non-hydrogen) atoms. The molecule has 0 aliphatic heterocycles. The number of anilines is 1. The van der Waals surface area contributed by atoms with Crippen molar-refractivity contribution in [1.29, 1.82) is 0 Å². The van der Waals surface area contributed by atoms with E-state index in [2.05, 4.69) is 9.71 Å². The summed E-state index contributed by atoms with van der Waals surface area (Å²) in [5.74, 6) is 0.406. The first kappa shape index (κ1) is 15.5. The van der Waals surface area contributed by atoms with Crippen LogP contribution in [0.2, 0.25) is 0 Å². The van der Waals surface area contributed by atoms with Crippen LogP contribution >= 0.6 is 0 Å². The number of aromatic nitrogens is 2. The maximum Gasteiger partial charge on any atom is 0.261 e. The average molecular weight is 333 g/mol. The number of fused-ring (bicyclic) bond motifs is 1. The minimum atomic E-state index is -3.78. The molecule has 5 nitrogen and oxygen atoms in total. The fourth-order valence-corrected chi connectivity index (χ4v) is 3.52. The Balaban J connectivity index is 1.98. The molecular formula is C16H16FN3O2S. The smallest absolute Gasteiger partial charge is 0.261 e. The molecule has 1 N–H and O–H groups in total. The summed E-state index contributed by atoms with van der Waals surface area (Å²) in [6.45, 7) is 3.40. The molecule has 3 aromatic rings. The third-order valence-electron chi connectivity index (χ3n) is 3.80. The third kappa shape index (κ3) is 2.79. The summed E-state index contributed by atoms with van der Waals surface area (Å²) in [5.41, 5.74) is 2.32. The predicted octanol–water partition coefficient (Wildman–Crippen LogP) is 3.13. The van der Waals surface area contributed by atoms with E-state index in [1.807, 2.05) is 24.6 Å². The standard InChI is InChI=1S/C16H16FN3O2S/c1-10-8-13(5-6-14(10)17)23(21,22)19-12-4-7-16-15(9-12)18-11(2)20(16)3/h4-9,19H,1-3H3. The summed E-state index contributed by atoms with van der Waals surface area (Å²) in [4.78, 5) is 4.40. The molecule has 0 bridgehead atoms. The van der Waals surface area contributed by atoms with E-state index in [-0.39, 0.29) is 10.5 Å². The zero-order valence-electron chi connectivity index (χ0n) is 13.0. The molecule has 3 rings (SSSR count). The lowest BCUT2D eigenvalue weighted by Gasteiger charge is -2.09. The van der Waals surface area contributed by atoms with Crippen LogP contribution in [0.25, 0.3) is 11.0 Å². The molecule has 1 heterocycles. The van der Waals surface area contributed by atoms with Gasteiger partial charge in [-0.15, -0.1) is 0 Å². The van der Waals surface area contributed by atoms with Gasteiger partial charge in [0.2, 0.25) is 0 Å². The molecule has 0 spiro atoms. The number of hydrogen-bond acceptors (Lipinski definition) is 3. The summed E-state index contributed by atoms with van der Waals surface area (Å²) in [6, 6.07) is 8.86. The van der Waals surface area contributed by atoms with Gasteiger partial charge in [0.1, 0.15) is 11.6 Å². The van der Waals surface area contributed by atoms with E-state index in [9.17, 15) is 12.8 Å². The van der Waals surface area contributed by atoms with Crippen LogP contribution in [0.1, 0.15) is 11.4 Å². The predicted molar refractivity (Wildman–Crippen MR) is 87.4 cm³/mol. The van der Waals surface area contributed by atoms with Crippen molar-refractivity contribution in [3.05, 3.63) is 53.6 Å². The monoisotopic (exact) mass is 333 g/mol. The van der Waals surface area contributed by atoms with Crippen molar-refractivity contribution in [1.82, 2.24) is 9.55 Å². The average Bonchev–Trinajstić information content (AvgIpc) is 2.76. The number of rotatable bonds is 3. The lowest BCUT2D eigenvalue weighted by atomic mass is 10.2. The Hall–Kier alpha value is -2.41. The van der Waals surface area contributed by atoms with Crippen LogP contribution in [0, 0.1) is 19.7 Å². The second-order valence-corrected chi connectivity index (χ2v) is 7.12. The Morgan fingerprint density at radius 1 is 1.13 bits per heavy atom. The van der Waals surface area contributed by atoms with Crippen molar-refractivity contribution >= 4 is 26.7 Å². The minimum absolute atomic E-state index is 0.0219. The highest BCUT2D eigenvalue weighted by atomic mass is 32.2. The molecule has 0 fully saturated rings. The Kier molecular flexibility index (Phi) is 3.60. The molecule has 7 heteroatoms. The third-order valence-corrected chi connectivity index (χ3v) is 5.18. The summed E-state index contributed by atoms with van der Waals surface area (Å²) >= 11 is 0. The van der Waals surface area contributed by atoms with Crippen LogP contribution in [0.4, 0.5) is 10.1 Å². The van der Waals surface area contributed by atoms with E-state index >= 15 is 0 Å². The van der Waals surface area contributed by atoms with Crippen LogP contribution in [-0.2, 0) is 17.1 Å². The maximum atomic E-state index is 13.3. The normalized spacial score (nSPS) is 11.8. The molecule has 120 valence electrons. The molecule has 2 aromatic carbocycles. The van der Waals surface area contributed by atoms with Gasteiger partial charge in [0.05, 0.1) is 21.6 Å². The molecule has 0 saturated carbocycles. The van der Waals surface area contributed by atoms with Crippen LogP contribution < -0.4 is 4.72 Å². The molecular weight excluding hydrogens is 317 g/mol. The first-order chi connectivity index (χ1) is 10.8. The van der Waals surface area contributed by atoms with Gasteiger partial charge in [-0.05, 0) is 55.8 Å². The molecule has 0 saturated heterocycles. The summed E-state index contributed by atoms with van der Waals surface area (Å²) in [7, 11) is -1.88. The van der Waals surface area contributed by atoms with Gasteiger partial charge in [-0.2, -0.15) is 0 Å². The SMILES string of the molecule is Cc1cc(S(=O)(=O)Nc2ccc3c(c2)nc(C)n3C)ccc1F. The van der Waals surface area contributed by atoms with Crippen LogP contribution in [0.15, 0.2) is 41.3 Å². The van der Waals surface area contributed by atoms with Crippen LogP contribution in [0.3, 0.4) is 0 Å². The van der Waals surface area contributed by atoms with Crippen molar-refractivity contribution in [3.63, 3.8) is 0 Å². The lowest BCUT2D eigenvalue weighted by molar-refractivity contribution is 0.598. The number of nitrogens with zero attached hydrogens (tertiary/aromatic N) is 2. The second-order valence-electron chi connectivity index (χ2n) is 5.44. The van der Waals surface area contributed by atoms with Gasteiger partial charge in [-0.3, -0.25) is 4.72 Å². The van der Waals surface area contributed by atoms with E-state index in [1.54, 1.807) is 12.1 Å². The van der Waals surface area contributed by atoms with E-state index in [0.717, 1.165) is 17.4 Å². The lowest BCUT2D eigenvalue weighted by Crippen LogP contribution is -2.13. The van der Waals surface area contributed by atoms with Crippen LogP contribution in [0.5, 0.6) is 0 Å². The molecule has 1 aromatic heterocycles. The highest BCUT2D eigenvalue weighted by Gasteiger charge is 2.16. The number of benzene rings is 2. The Labute approximate surface area is 133 Å². The summed E-state index contributed by atoms with van der Waals surface area (Å²) in [5, 5.41) is 0. The van der Waals surface area contributed by atoms with E-state index < -0.39 is 15.8 Å². The van der Waals surface area contributed by atoms with Gasteiger partial charge in [-0.1, -0.05) is 0 Å². The largest absolute Gasteiger partial charge is 0.331 e. The zero-order valence-corrected chi connectivity index (χ0v) is 13.8. The van der Waals surface area contributed by atoms with Gasteiger partial charge in [0, 0.05) is 7.05 Å². The van der Waals surface area contributed by atoms with E-state index in [0.29, 0.717) is 11.2 Å². The second kappa shape index (κ2) is 5.34. The van der Waals surface area contributed by atoms with Crippen LogP contribution in [-0.4, -0.2) is 18.0 Å². The summed E-state index contributed by atoms with van der Waals surface area (Å²) in [6.07, 6.45) is 0. The number of nitrogens with one attached hydrogen (secondary N) is 1. The van der Waals surface area contributed by atoms with Gasteiger partial charge >= 0.3 is 0 Å². The van der Waals surface area contributed by atoms with E-state index in [4.69, 9.17) is 0 Å². The number of halogens is 1. The topological polar surface area (TPSA) is 64.0 Å². The number of aryl methyl sites for hydroxylation is 3. The number of imidazole rings is 1. The number of hydrogen-bond donors (Lipinski definition) is 1. The maximum absolute atomic E-state index is 13.3. The van der Waals surface area contributed by atoms with Gasteiger partial charge in [0.15, 0.2) is 0 Å². The molecule has 0 aliphatic rings. The Morgan fingerprint density at radius 3 is 2.57 bits per heavy atom. The van der Waals surface area contributed by atoms with Crippen molar-refractivity contribution in [2.45, 2.75) is 18.7 Å². The Bertz CT molecular complexity index is 1010. The molecule has 0 radical (unpaired) electrons. The highest BCUT2D eigenvalue weighted by molar-refractivity contribution is 7.92. The minimum Gasteiger partial charge on any atom is -0.331 e. The van der Waals surface area contributed by atoms with Gasteiger partial charge in [0.25, 0.3) is 10.0 Å². The van der Waals surface area contributed by atoms with E-state index in [1.165, 1.54) is 19.1 Å². The molecule has 0 atom stereocenters. The number of sulfonamides is 1. The fourth-order valence-electron chi connectivity index (χ4n) is 2.38. The van der Waals surface area contributed by atoms with Crippen molar-refractivity contribution in [3.8, 4) is 0 Å². The van der Waals surface area contributed by atoms with Crippen molar-refractivity contribution in [2.24, 2.45) is 7.05 Å². The van der Waals surface area contributed by atoms with Gasteiger partial charge < -0.3 is 4.57 Å². The first-order valence-corrected chi connectivity index (χ1v) is 8.48. The first-order valence-electron chi connectivity index (χ1n) is 7.00. The van der Waals surface area contributed by atoms with Crippen molar-refractivity contribution in [2.75, 3.05) is 4.72 Å². The fraction of sp³-hybridized carbons (Fsp3) is 0.188. The molecule has 0 unspecified atom stereocenters. The zero-order chi connectivity index (χ0) is 16.8. The Morgan fingerprint density at radius 2 is 1.87 bits per heavy atom. The quantitative estimate of drug-likeness (QED) is 0.801. The summed E-state index contributed by atoms with van der Waals surface area (Å²) < 4.78 is 42.6. The molecule has 0 aliphatic carbocycles. The van der Waals surface area contributed by atoms with Crippen molar-refractivity contribution < 1.29 is 12.8 Å².